The van der Waals surface area contributed by atoms with Crippen molar-refractivity contribution >= 4 is 5.78 Å². The molecule has 0 fully saturated rings. The molecule has 0 atom stereocenters. The van der Waals surface area contributed by atoms with E-state index in [1.54, 1.807) is 6.08 Å². The minimum absolute atomic E-state index is 0.239. The summed E-state index contributed by atoms with van der Waals surface area (Å²) >= 11 is 0. The molecule has 0 saturated heterocycles. The lowest BCUT2D eigenvalue weighted by Crippen LogP contribution is -2.19. The van der Waals surface area contributed by atoms with E-state index in [1.807, 2.05) is 32.0 Å². The van der Waals surface area contributed by atoms with Gasteiger partial charge >= 0.3 is 0 Å². The van der Waals surface area contributed by atoms with Crippen LogP contribution in [0.5, 0.6) is 0 Å². The Morgan fingerprint density at radius 3 is 2.40 bits per heavy atom. The van der Waals surface area contributed by atoms with E-state index in [2.05, 4.69) is 0 Å². The van der Waals surface area contributed by atoms with E-state index in [-0.39, 0.29) is 5.78 Å². The van der Waals surface area contributed by atoms with Gasteiger partial charge in [-0.15, -0.1) is 0 Å². The predicted molar refractivity (Wildman–Crippen MR) is 42.7 cm³/mol. The zero-order valence-corrected chi connectivity index (χ0v) is 6.92. The fourth-order valence-corrected chi connectivity index (χ4v) is 0.655. The third kappa shape index (κ3) is 3.28. The van der Waals surface area contributed by atoms with Crippen LogP contribution in [0.15, 0.2) is 12.3 Å². The SMILES string of the molecule is CC.CN1C=CC(=O)CC1. The van der Waals surface area contributed by atoms with E-state index in [0.29, 0.717) is 6.42 Å². The van der Waals surface area contributed by atoms with Crippen LogP contribution in [0.4, 0.5) is 0 Å². The van der Waals surface area contributed by atoms with Crippen LogP contribution in [-0.4, -0.2) is 24.3 Å². The molecule has 1 rings (SSSR count). The molecule has 1 heterocycles. The first kappa shape index (κ1) is 9.21. The second-order valence-electron chi connectivity index (χ2n) is 2.01. The monoisotopic (exact) mass is 141 g/mol. The Kier molecular flexibility index (Phi) is 4.63. The van der Waals surface area contributed by atoms with Gasteiger partial charge in [0, 0.05) is 26.2 Å². The highest BCUT2D eigenvalue weighted by molar-refractivity contribution is 5.90. The third-order valence-corrected chi connectivity index (χ3v) is 1.23. The molecule has 2 heteroatoms. The number of hydrogen-bond donors (Lipinski definition) is 0. The molecule has 10 heavy (non-hydrogen) atoms. The minimum Gasteiger partial charge on any atom is -0.380 e. The van der Waals surface area contributed by atoms with Crippen molar-refractivity contribution in [2.24, 2.45) is 0 Å². The highest BCUT2D eigenvalue weighted by Crippen LogP contribution is 1.97. The van der Waals surface area contributed by atoms with Crippen LogP contribution in [0.25, 0.3) is 0 Å². The van der Waals surface area contributed by atoms with Crippen LogP contribution < -0.4 is 0 Å². The van der Waals surface area contributed by atoms with E-state index < -0.39 is 0 Å². The van der Waals surface area contributed by atoms with E-state index in [1.165, 1.54) is 0 Å². The minimum atomic E-state index is 0.239. The summed E-state index contributed by atoms with van der Waals surface area (Å²) in [6.07, 6.45) is 4.10. The Hall–Kier alpha value is -0.790. The topological polar surface area (TPSA) is 20.3 Å². The summed E-state index contributed by atoms with van der Waals surface area (Å²) in [5, 5.41) is 0. The second kappa shape index (κ2) is 5.03. The molecule has 0 unspecified atom stereocenters. The molecule has 0 aromatic rings. The van der Waals surface area contributed by atoms with Crippen molar-refractivity contribution in [1.29, 1.82) is 0 Å². The fraction of sp³-hybridized carbons (Fsp3) is 0.625. The molecule has 0 aromatic carbocycles. The maximum absolute atomic E-state index is 10.5. The lowest BCUT2D eigenvalue weighted by atomic mass is 10.2. The summed E-state index contributed by atoms with van der Waals surface area (Å²) < 4.78 is 0. The molecule has 0 saturated carbocycles. The average molecular weight is 141 g/mol. The second-order valence-corrected chi connectivity index (χ2v) is 2.01. The van der Waals surface area contributed by atoms with E-state index in [0.717, 1.165) is 6.54 Å². The van der Waals surface area contributed by atoms with Crippen molar-refractivity contribution in [3.05, 3.63) is 12.3 Å². The first-order valence-corrected chi connectivity index (χ1v) is 3.70. The molecule has 0 bridgehead atoms. The zero-order chi connectivity index (χ0) is 7.98. The number of hydrogen-bond acceptors (Lipinski definition) is 2. The van der Waals surface area contributed by atoms with Crippen LogP contribution in [0.1, 0.15) is 20.3 Å². The van der Waals surface area contributed by atoms with E-state index >= 15 is 0 Å². The Balaban J connectivity index is 0.000000371. The molecule has 0 spiro atoms. The predicted octanol–water partition coefficient (Wildman–Crippen LogP) is 1.43. The summed E-state index contributed by atoms with van der Waals surface area (Å²) in [4.78, 5) is 12.5. The van der Waals surface area contributed by atoms with Crippen molar-refractivity contribution in [1.82, 2.24) is 4.90 Å². The lowest BCUT2D eigenvalue weighted by molar-refractivity contribution is -0.115. The standard InChI is InChI=1S/C6H9NO.C2H6/c1-7-4-2-6(8)3-5-7;1-2/h2,4H,3,5H2,1H3;1-2H3. The molecular weight excluding hydrogens is 126 g/mol. The van der Waals surface area contributed by atoms with E-state index in [4.69, 9.17) is 0 Å². The van der Waals surface area contributed by atoms with Gasteiger partial charge in [-0.1, -0.05) is 13.8 Å². The van der Waals surface area contributed by atoms with Gasteiger partial charge in [-0.25, -0.2) is 0 Å². The summed E-state index contributed by atoms with van der Waals surface area (Å²) in [5.41, 5.74) is 0. The van der Waals surface area contributed by atoms with Gasteiger partial charge in [0.2, 0.25) is 0 Å². The Labute approximate surface area is 62.5 Å². The summed E-state index contributed by atoms with van der Waals surface area (Å²) in [5.74, 6) is 0.239. The maximum atomic E-state index is 10.5. The number of allylic oxidation sites excluding steroid dienone is 1. The number of nitrogens with zero attached hydrogens (tertiary/aromatic N) is 1. The molecule has 0 amide bonds. The summed E-state index contributed by atoms with van der Waals surface area (Å²) in [6.45, 7) is 4.87. The molecule has 2 nitrogen and oxygen atoms in total. The Morgan fingerprint density at radius 2 is 2.10 bits per heavy atom. The average Bonchev–Trinajstić information content (AvgIpc) is 2.00. The first-order chi connectivity index (χ1) is 4.79. The molecular formula is C8H15NO. The van der Waals surface area contributed by atoms with Gasteiger partial charge in [-0.05, 0) is 6.08 Å². The number of rotatable bonds is 0. The van der Waals surface area contributed by atoms with Gasteiger partial charge in [0.05, 0.1) is 0 Å². The largest absolute Gasteiger partial charge is 0.380 e. The molecule has 1 aliphatic rings. The summed E-state index contributed by atoms with van der Waals surface area (Å²) in [6, 6.07) is 0. The van der Waals surface area contributed by atoms with Crippen molar-refractivity contribution < 1.29 is 4.79 Å². The number of carbonyl (C=O) groups is 1. The Morgan fingerprint density at radius 1 is 1.50 bits per heavy atom. The van der Waals surface area contributed by atoms with E-state index in [9.17, 15) is 4.79 Å². The zero-order valence-electron chi connectivity index (χ0n) is 6.92. The van der Waals surface area contributed by atoms with Crippen LogP contribution in [0.3, 0.4) is 0 Å². The first-order valence-electron chi connectivity index (χ1n) is 3.70. The van der Waals surface area contributed by atoms with Gasteiger partial charge in [0.15, 0.2) is 5.78 Å². The molecule has 0 aliphatic carbocycles. The highest BCUT2D eigenvalue weighted by atomic mass is 16.1. The smallest absolute Gasteiger partial charge is 0.158 e. The van der Waals surface area contributed by atoms with Crippen LogP contribution in [0.2, 0.25) is 0 Å². The van der Waals surface area contributed by atoms with Gasteiger partial charge < -0.3 is 4.90 Å². The number of carbonyl (C=O) groups excluding carboxylic acids is 1. The lowest BCUT2D eigenvalue weighted by Gasteiger charge is -2.15. The van der Waals surface area contributed by atoms with Gasteiger partial charge in [-0.3, -0.25) is 4.79 Å². The molecule has 0 radical (unpaired) electrons. The van der Waals surface area contributed by atoms with Crippen molar-refractivity contribution in [2.75, 3.05) is 13.6 Å². The fourth-order valence-electron chi connectivity index (χ4n) is 0.655. The normalized spacial score (nSPS) is 16.3. The van der Waals surface area contributed by atoms with Gasteiger partial charge in [0.1, 0.15) is 0 Å². The van der Waals surface area contributed by atoms with Gasteiger partial charge in [-0.2, -0.15) is 0 Å². The van der Waals surface area contributed by atoms with Crippen molar-refractivity contribution in [3.63, 3.8) is 0 Å². The summed E-state index contributed by atoms with van der Waals surface area (Å²) in [7, 11) is 1.96. The third-order valence-electron chi connectivity index (χ3n) is 1.23. The van der Waals surface area contributed by atoms with Crippen LogP contribution in [-0.2, 0) is 4.79 Å². The molecule has 58 valence electrons. The molecule has 0 N–H and O–H groups in total. The van der Waals surface area contributed by atoms with Crippen molar-refractivity contribution in [2.45, 2.75) is 20.3 Å². The molecule has 1 aliphatic heterocycles. The van der Waals surface area contributed by atoms with Crippen LogP contribution in [0, 0.1) is 0 Å². The van der Waals surface area contributed by atoms with Crippen molar-refractivity contribution in [3.8, 4) is 0 Å². The van der Waals surface area contributed by atoms with Gasteiger partial charge in [0.25, 0.3) is 0 Å². The maximum Gasteiger partial charge on any atom is 0.158 e. The molecule has 0 aromatic heterocycles. The highest BCUT2D eigenvalue weighted by Gasteiger charge is 2.03. The van der Waals surface area contributed by atoms with Crippen LogP contribution >= 0.6 is 0 Å². The quantitative estimate of drug-likeness (QED) is 0.508. The Bertz CT molecular complexity index is 129. The number of ketones is 1.